The Labute approximate surface area is 165 Å². The third-order valence-electron chi connectivity index (χ3n) is 3.99. The lowest BCUT2D eigenvalue weighted by molar-refractivity contribution is -0.115. The summed E-state index contributed by atoms with van der Waals surface area (Å²) in [6.45, 7) is 0. The van der Waals surface area contributed by atoms with Gasteiger partial charge >= 0.3 is 0 Å². The molecule has 9 heteroatoms. The minimum absolute atomic E-state index is 0.0373. The SMILES string of the molecule is O=C(Cc1csc(-c2ccsc2)n1)Nc1cccc(S(=O)(=O)NC2CC2)c1. The molecule has 2 heterocycles. The standard InChI is InChI=1S/C18H17N3O3S3/c22-17(9-15-11-26-18(20-15)12-6-7-25-10-12)19-14-2-1-3-16(8-14)27(23,24)21-13-4-5-13/h1-3,6-8,10-11,13,21H,4-5,9H2,(H,19,22). The van der Waals surface area contributed by atoms with Crippen molar-refractivity contribution < 1.29 is 13.2 Å². The molecule has 1 aromatic carbocycles. The molecule has 1 aliphatic rings. The number of amides is 1. The van der Waals surface area contributed by atoms with Crippen LogP contribution in [0.15, 0.2) is 51.4 Å². The van der Waals surface area contributed by atoms with Crippen molar-refractivity contribution in [3.8, 4) is 10.6 Å². The van der Waals surface area contributed by atoms with Crippen molar-refractivity contribution in [2.45, 2.75) is 30.2 Å². The summed E-state index contributed by atoms with van der Waals surface area (Å²) in [6.07, 6.45) is 1.88. The molecule has 0 saturated heterocycles. The average Bonchev–Trinajstić information content (AvgIpc) is 3.10. The first-order valence-corrected chi connectivity index (χ1v) is 11.7. The molecule has 0 atom stereocenters. The van der Waals surface area contributed by atoms with Crippen LogP contribution in [0.4, 0.5) is 5.69 Å². The molecule has 6 nitrogen and oxygen atoms in total. The first-order chi connectivity index (χ1) is 13.0. The van der Waals surface area contributed by atoms with Crippen LogP contribution in [0, 0.1) is 0 Å². The van der Waals surface area contributed by atoms with E-state index >= 15 is 0 Å². The van der Waals surface area contributed by atoms with E-state index in [4.69, 9.17) is 0 Å². The number of thiophene rings is 1. The topological polar surface area (TPSA) is 88.2 Å². The van der Waals surface area contributed by atoms with E-state index in [9.17, 15) is 13.2 Å². The second-order valence-electron chi connectivity index (χ2n) is 6.30. The van der Waals surface area contributed by atoms with Crippen LogP contribution in [0.1, 0.15) is 18.5 Å². The van der Waals surface area contributed by atoms with Crippen molar-refractivity contribution in [1.82, 2.24) is 9.71 Å². The Kier molecular flexibility index (Phi) is 5.09. The maximum atomic E-state index is 12.3. The highest BCUT2D eigenvalue weighted by atomic mass is 32.2. The smallest absolute Gasteiger partial charge is 0.240 e. The number of hydrogen-bond donors (Lipinski definition) is 2. The summed E-state index contributed by atoms with van der Waals surface area (Å²) in [5.74, 6) is -0.234. The van der Waals surface area contributed by atoms with Crippen LogP contribution in [-0.2, 0) is 21.2 Å². The highest BCUT2D eigenvalue weighted by Gasteiger charge is 2.28. The zero-order valence-electron chi connectivity index (χ0n) is 14.2. The summed E-state index contributed by atoms with van der Waals surface area (Å²) < 4.78 is 27.2. The number of hydrogen-bond acceptors (Lipinski definition) is 6. The molecule has 3 aromatic rings. The molecule has 1 amide bonds. The lowest BCUT2D eigenvalue weighted by Crippen LogP contribution is -2.25. The lowest BCUT2D eigenvalue weighted by atomic mass is 10.3. The van der Waals surface area contributed by atoms with E-state index in [0.29, 0.717) is 11.4 Å². The van der Waals surface area contributed by atoms with E-state index in [1.165, 1.54) is 23.5 Å². The number of nitrogens with zero attached hydrogens (tertiary/aromatic N) is 1. The number of rotatable bonds is 7. The number of benzene rings is 1. The van der Waals surface area contributed by atoms with Gasteiger partial charge in [-0.1, -0.05) is 6.07 Å². The summed E-state index contributed by atoms with van der Waals surface area (Å²) >= 11 is 3.10. The van der Waals surface area contributed by atoms with Crippen molar-refractivity contribution in [1.29, 1.82) is 0 Å². The first kappa shape index (κ1) is 18.3. The van der Waals surface area contributed by atoms with Gasteiger partial charge in [-0.05, 0) is 42.5 Å². The van der Waals surface area contributed by atoms with Crippen LogP contribution < -0.4 is 10.0 Å². The van der Waals surface area contributed by atoms with Gasteiger partial charge in [-0.3, -0.25) is 4.79 Å². The molecule has 0 bridgehead atoms. The molecular weight excluding hydrogens is 402 g/mol. The fourth-order valence-electron chi connectivity index (χ4n) is 2.51. The molecular formula is C18H17N3O3S3. The van der Waals surface area contributed by atoms with Gasteiger partial charge in [-0.25, -0.2) is 18.1 Å². The normalized spacial score (nSPS) is 14.2. The van der Waals surface area contributed by atoms with Gasteiger partial charge in [0, 0.05) is 28.1 Å². The third kappa shape index (κ3) is 4.62. The molecule has 1 fully saturated rings. The van der Waals surface area contributed by atoms with E-state index in [1.807, 2.05) is 22.2 Å². The molecule has 1 aliphatic carbocycles. The number of nitrogens with one attached hydrogen (secondary N) is 2. The maximum absolute atomic E-state index is 12.3. The molecule has 0 aliphatic heterocycles. The molecule has 4 rings (SSSR count). The number of carbonyl (C=O) groups is 1. The Morgan fingerprint density at radius 2 is 2.07 bits per heavy atom. The maximum Gasteiger partial charge on any atom is 0.240 e. The van der Waals surface area contributed by atoms with Crippen molar-refractivity contribution in [3.05, 3.63) is 52.2 Å². The van der Waals surface area contributed by atoms with Crippen LogP contribution in [0.5, 0.6) is 0 Å². The predicted molar refractivity (Wildman–Crippen MR) is 108 cm³/mol. The first-order valence-electron chi connectivity index (χ1n) is 8.39. The highest BCUT2D eigenvalue weighted by molar-refractivity contribution is 7.89. The van der Waals surface area contributed by atoms with Gasteiger partial charge < -0.3 is 5.32 Å². The van der Waals surface area contributed by atoms with E-state index in [-0.39, 0.29) is 23.3 Å². The monoisotopic (exact) mass is 419 g/mol. The van der Waals surface area contributed by atoms with Crippen molar-refractivity contribution >= 4 is 44.3 Å². The summed E-state index contributed by atoms with van der Waals surface area (Å²) in [4.78, 5) is 17.0. The van der Waals surface area contributed by atoms with E-state index in [0.717, 1.165) is 23.4 Å². The van der Waals surface area contributed by atoms with E-state index in [1.54, 1.807) is 23.5 Å². The number of aromatic nitrogens is 1. The molecule has 140 valence electrons. The van der Waals surface area contributed by atoms with Crippen molar-refractivity contribution in [2.75, 3.05) is 5.32 Å². The molecule has 27 heavy (non-hydrogen) atoms. The Bertz CT molecular complexity index is 1050. The number of thiazole rings is 1. The Balaban J connectivity index is 1.41. The Morgan fingerprint density at radius 1 is 1.22 bits per heavy atom. The van der Waals surface area contributed by atoms with Gasteiger partial charge in [0.2, 0.25) is 15.9 Å². The van der Waals surface area contributed by atoms with Crippen LogP contribution in [0.2, 0.25) is 0 Å². The van der Waals surface area contributed by atoms with Crippen LogP contribution >= 0.6 is 22.7 Å². The zero-order chi connectivity index (χ0) is 18.9. The average molecular weight is 420 g/mol. The Hall–Kier alpha value is -2.07. The fraction of sp³-hybridized carbons (Fsp3) is 0.222. The third-order valence-corrected chi connectivity index (χ3v) is 7.13. The van der Waals surface area contributed by atoms with Gasteiger partial charge in [-0.15, -0.1) is 11.3 Å². The van der Waals surface area contributed by atoms with Gasteiger partial charge in [-0.2, -0.15) is 11.3 Å². The van der Waals surface area contributed by atoms with Crippen molar-refractivity contribution in [2.24, 2.45) is 0 Å². The zero-order valence-corrected chi connectivity index (χ0v) is 16.7. The molecule has 2 aromatic heterocycles. The molecule has 0 spiro atoms. The summed E-state index contributed by atoms with van der Waals surface area (Å²) in [5.41, 5.74) is 2.20. The van der Waals surface area contributed by atoms with E-state index < -0.39 is 10.0 Å². The fourth-order valence-corrected chi connectivity index (χ4v) is 5.39. The van der Waals surface area contributed by atoms with E-state index in [2.05, 4.69) is 15.0 Å². The predicted octanol–water partition coefficient (Wildman–Crippen LogP) is 3.49. The van der Waals surface area contributed by atoms with Gasteiger partial charge in [0.25, 0.3) is 0 Å². The van der Waals surface area contributed by atoms with Crippen LogP contribution in [0.3, 0.4) is 0 Å². The summed E-state index contributed by atoms with van der Waals surface area (Å²) in [6, 6.07) is 8.32. The Morgan fingerprint density at radius 3 is 2.81 bits per heavy atom. The largest absolute Gasteiger partial charge is 0.326 e. The van der Waals surface area contributed by atoms with Gasteiger partial charge in [0.15, 0.2) is 0 Å². The minimum atomic E-state index is -3.55. The number of carbonyl (C=O) groups excluding carboxylic acids is 1. The van der Waals surface area contributed by atoms with Crippen LogP contribution in [0.25, 0.3) is 10.6 Å². The molecule has 0 unspecified atom stereocenters. The molecule has 0 radical (unpaired) electrons. The quantitative estimate of drug-likeness (QED) is 0.614. The number of sulfonamides is 1. The van der Waals surface area contributed by atoms with Crippen LogP contribution in [-0.4, -0.2) is 25.4 Å². The summed E-state index contributed by atoms with van der Waals surface area (Å²) in [7, 11) is -3.55. The lowest BCUT2D eigenvalue weighted by Gasteiger charge is -2.08. The molecule has 1 saturated carbocycles. The number of anilines is 1. The van der Waals surface area contributed by atoms with Gasteiger partial charge in [0.1, 0.15) is 5.01 Å². The minimum Gasteiger partial charge on any atom is -0.326 e. The molecule has 2 N–H and O–H groups in total. The van der Waals surface area contributed by atoms with Gasteiger partial charge in [0.05, 0.1) is 17.0 Å². The highest BCUT2D eigenvalue weighted by Crippen LogP contribution is 2.26. The summed E-state index contributed by atoms with van der Waals surface area (Å²) in [5, 5.41) is 9.51. The van der Waals surface area contributed by atoms with Crippen molar-refractivity contribution in [3.63, 3.8) is 0 Å². The second kappa shape index (κ2) is 7.51. The second-order valence-corrected chi connectivity index (χ2v) is 9.66.